The lowest BCUT2D eigenvalue weighted by atomic mass is 9.43. The average molecular weight is 265 g/mol. The Hall–Kier alpha value is -0.0951. The third-order valence-electron chi connectivity index (χ3n) is 6.44. The summed E-state index contributed by atoms with van der Waals surface area (Å²) in [5, 5.41) is 13.0. The van der Waals surface area contributed by atoms with E-state index in [1.165, 1.54) is 6.42 Å². The summed E-state index contributed by atoms with van der Waals surface area (Å²) in [4.78, 5) is 0. The summed E-state index contributed by atoms with van der Waals surface area (Å²) < 4.78 is 12.6. The molecule has 4 nitrogen and oxygen atoms in total. The summed E-state index contributed by atoms with van der Waals surface area (Å²) in [5.74, 6) is 1.55. The number of rotatable bonds is 1. The molecule has 0 radical (unpaired) electrons. The van der Waals surface area contributed by atoms with Gasteiger partial charge in [0.05, 0.1) is 17.8 Å². The standard InChI is InChI=1S/C14H24BNO3/c1-13(2)8-4-10(13)14(3)11(5-8)18-15(19-14)12-6-9(17)7-16-12/h8-12,16-17H,4-7H2,1-3H3/t8?,9-,10?,11?,12-,14-/m0/s1. The summed E-state index contributed by atoms with van der Waals surface area (Å²) >= 11 is 0. The van der Waals surface area contributed by atoms with Gasteiger partial charge in [0.15, 0.2) is 0 Å². The van der Waals surface area contributed by atoms with Gasteiger partial charge in [0.1, 0.15) is 0 Å². The maximum absolute atomic E-state index is 9.65. The SMILES string of the molecule is CC1(C)C2CC3OB([C@@H]4C[C@H](O)CN4)O[C@@]3(C)C1C2. The van der Waals surface area contributed by atoms with Gasteiger partial charge in [-0.25, -0.2) is 0 Å². The largest absolute Gasteiger partial charge is 0.475 e. The molecular formula is C14H24BNO3. The van der Waals surface area contributed by atoms with Crippen LogP contribution in [0, 0.1) is 17.3 Å². The molecule has 2 saturated heterocycles. The zero-order valence-corrected chi connectivity index (χ0v) is 12.1. The molecule has 2 aliphatic heterocycles. The molecule has 5 aliphatic rings. The zero-order valence-electron chi connectivity index (χ0n) is 12.1. The molecule has 0 aromatic carbocycles. The fraction of sp³-hybridized carbons (Fsp3) is 1.00. The van der Waals surface area contributed by atoms with Gasteiger partial charge in [0.25, 0.3) is 0 Å². The van der Waals surface area contributed by atoms with Gasteiger partial charge in [-0.3, -0.25) is 0 Å². The van der Waals surface area contributed by atoms with Gasteiger partial charge in [-0.2, -0.15) is 0 Å². The molecule has 3 saturated carbocycles. The van der Waals surface area contributed by atoms with E-state index in [-0.39, 0.29) is 30.9 Å². The quantitative estimate of drug-likeness (QED) is 0.694. The summed E-state index contributed by atoms with van der Waals surface area (Å²) in [6.07, 6.45) is 3.15. The highest BCUT2D eigenvalue weighted by molar-refractivity contribution is 6.47. The van der Waals surface area contributed by atoms with Crippen LogP contribution in [0.4, 0.5) is 0 Å². The van der Waals surface area contributed by atoms with Gasteiger partial charge in [-0.1, -0.05) is 13.8 Å². The molecule has 5 heteroatoms. The Balaban J connectivity index is 1.54. The second-order valence-electron chi connectivity index (χ2n) is 7.74. The highest BCUT2D eigenvalue weighted by Crippen LogP contribution is 2.65. The Morgan fingerprint density at radius 2 is 2.00 bits per heavy atom. The van der Waals surface area contributed by atoms with Crippen LogP contribution in [0.1, 0.15) is 40.0 Å². The van der Waals surface area contributed by atoms with Crippen molar-refractivity contribution in [2.75, 3.05) is 6.54 Å². The van der Waals surface area contributed by atoms with Crippen LogP contribution in [0.2, 0.25) is 0 Å². The lowest BCUT2D eigenvalue weighted by Gasteiger charge is -2.64. The van der Waals surface area contributed by atoms with E-state index in [9.17, 15) is 5.11 Å². The van der Waals surface area contributed by atoms with Crippen LogP contribution in [0.3, 0.4) is 0 Å². The van der Waals surface area contributed by atoms with E-state index in [1.807, 2.05) is 0 Å². The molecule has 3 aliphatic carbocycles. The molecular weight excluding hydrogens is 241 g/mol. The smallest absolute Gasteiger partial charge is 0.404 e. The van der Waals surface area contributed by atoms with E-state index >= 15 is 0 Å². The predicted octanol–water partition coefficient (Wildman–Crippen LogP) is 0.977. The lowest BCUT2D eigenvalue weighted by molar-refractivity contribution is -0.199. The summed E-state index contributed by atoms with van der Waals surface area (Å²) in [6.45, 7) is 7.65. The van der Waals surface area contributed by atoms with Crippen LogP contribution in [0.15, 0.2) is 0 Å². The molecule has 5 fully saturated rings. The minimum Gasteiger partial charge on any atom is -0.404 e. The second kappa shape index (κ2) is 3.76. The van der Waals surface area contributed by atoms with Gasteiger partial charge in [0, 0.05) is 12.5 Å². The highest BCUT2D eigenvalue weighted by Gasteiger charge is 2.68. The molecule has 0 aromatic rings. The van der Waals surface area contributed by atoms with Gasteiger partial charge in [0.2, 0.25) is 0 Å². The maximum Gasteiger partial charge on any atom is 0.475 e. The Kier molecular flexibility index (Phi) is 2.50. The summed E-state index contributed by atoms with van der Waals surface area (Å²) in [7, 11) is -0.178. The first-order chi connectivity index (χ1) is 8.91. The van der Waals surface area contributed by atoms with Crippen LogP contribution in [0.5, 0.6) is 0 Å². The molecule has 0 aromatic heterocycles. The van der Waals surface area contributed by atoms with Crippen LogP contribution < -0.4 is 5.32 Å². The predicted molar refractivity (Wildman–Crippen MR) is 72.5 cm³/mol. The highest BCUT2D eigenvalue weighted by atomic mass is 16.7. The molecule has 2 heterocycles. The number of aliphatic hydroxyl groups is 1. The van der Waals surface area contributed by atoms with E-state index in [4.69, 9.17) is 9.31 Å². The van der Waals surface area contributed by atoms with E-state index in [0.717, 1.165) is 18.8 Å². The minimum atomic E-state index is -0.252. The van der Waals surface area contributed by atoms with Crippen molar-refractivity contribution in [3.8, 4) is 0 Å². The topological polar surface area (TPSA) is 50.7 Å². The van der Waals surface area contributed by atoms with Crippen molar-refractivity contribution >= 4 is 7.12 Å². The van der Waals surface area contributed by atoms with Gasteiger partial charge in [-0.05, 0) is 43.4 Å². The third-order valence-corrected chi connectivity index (χ3v) is 6.44. The van der Waals surface area contributed by atoms with Crippen molar-refractivity contribution in [1.29, 1.82) is 0 Å². The molecule has 106 valence electrons. The first-order valence-electron chi connectivity index (χ1n) is 7.66. The van der Waals surface area contributed by atoms with Gasteiger partial charge >= 0.3 is 7.12 Å². The first-order valence-corrected chi connectivity index (χ1v) is 7.66. The maximum atomic E-state index is 9.65. The Morgan fingerprint density at radius 1 is 1.21 bits per heavy atom. The average Bonchev–Trinajstić information content (AvgIpc) is 2.90. The Morgan fingerprint density at radius 3 is 2.63 bits per heavy atom. The number of hydrogen-bond donors (Lipinski definition) is 2. The minimum absolute atomic E-state index is 0.127. The number of aliphatic hydroxyl groups excluding tert-OH is 1. The lowest BCUT2D eigenvalue weighted by Crippen LogP contribution is -2.65. The third kappa shape index (κ3) is 1.56. The molecule has 2 bridgehead atoms. The van der Waals surface area contributed by atoms with Crippen molar-refractivity contribution in [2.45, 2.75) is 63.8 Å². The first kappa shape index (κ1) is 12.6. The monoisotopic (exact) mass is 265 g/mol. The Bertz CT molecular complexity index is 404. The Labute approximate surface area is 115 Å². The molecule has 5 rings (SSSR count). The second-order valence-corrected chi connectivity index (χ2v) is 7.74. The van der Waals surface area contributed by atoms with Crippen molar-refractivity contribution < 1.29 is 14.4 Å². The summed E-state index contributed by atoms with van der Waals surface area (Å²) in [6, 6.07) is 0. The molecule has 6 atom stereocenters. The van der Waals surface area contributed by atoms with Crippen molar-refractivity contribution in [2.24, 2.45) is 17.3 Å². The van der Waals surface area contributed by atoms with Crippen molar-refractivity contribution in [3.05, 3.63) is 0 Å². The van der Waals surface area contributed by atoms with Crippen LogP contribution in [0.25, 0.3) is 0 Å². The molecule has 2 N–H and O–H groups in total. The fourth-order valence-corrected chi connectivity index (χ4v) is 5.03. The van der Waals surface area contributed by atoms with E-state index in [1.54, 1.807) is 0 Å². The number of hydrogen-bond acceptors (Lipinski definition) is 4. The van der Waals surface area contributed by atoms with Crippen molar-refractivity contribution in [3.63, 3.8) is 0 Å². The van der Waals surface area contributed by atoms with Crippen LogP contribution in [-0.2, 0) is 9.31 Å². The van der Waals surface area contributed by atoms with Gasteiger partial charge in [-0.15, -0.1) is 0 Å². The summed E-state index contributed by atoms with van der Waals surface area (Å²) in [5.41, 5.74) is 0.268. The fourth-order valence-electron chi connectivity index (χ4n) is 5.03. The van der Waals surface area contributed by atoms with Crippen LogP contribution >= 0.6 is 0 Å². The van der Waals surface area contributed by atoms with E-state index in [0.29, 0.717) is 17.9 Å². The van der Waals surface area contributed by atoms with Gasteiger partial charge < -0.3 is 19.7 Å². The van der Waals surface area contributed by atoms with Crippen LogP contribution in [-0.4, -0.2) is 42.5 Å². The number of β-amino-alcohol motifs (C(OH)–C–C–N with tert-alkyl or cyclic N) is 1. The molecule has 0 amide bonds. The van der Waals surface area contributed by atoms with Crippen molar-refractivity contribution in [1.82, 2.24) is 5.32 Å². The normalized spacial score (nSPS) is 54.9. The molecule has 0 spiro atoms. The number of nitrogens with one attached hydrogen (secondary N) is 1. The zero-order chi connectivity index (χ0) is 13.4. The molecule has 3 unspecified atom stereocenters. The van der Waals surface area contributed by atoms with E-state index < -0.39 is 0 Å². The van der Waals surface area contributed by atoms with E-state index in [2.05, 4.69) is 26.1 Å². The molecule has 19 heavy (non-hydrogen) atoms.